The number of ether oxygens (including phenoxy) is 1. The van der Waals surface area contributed by atoms with Crippen LogP contribution in [0.1, 0.15) is 32.1 Å². The maximum absolute atomic E-state index is 12.8. The van der Waals surface area contributed by atoms with E-state index in [1.807, 2.05) is 0 Å². The number of nitrogens with zero attached hydrogens (tertiary/aromatic N) is 2. The molecule has 0 saturated heterocycles. The topological polar surface area (TPSA) is 93.2 Å². The number of rotatable bonds is 7. The number of pyridine rings is 2. The number of hydrogen-bond donors (Lipinski definition) is 2. The molecule has 0 unspecified atom stereocenters. The van der Waals surface area contributed by atoms with Crippen LogP contribution in [0.15, 0.2) is 60.9 Å². The highest BCUT2D eigenvalue weighted by atomic mass is 19.4. The molecule has 32 heavy (non-hydrogen) atoms. The number of alkyl halides is 3. The standard InChI is InChI=1S/C22H19F3N4O3/c1-26-21(31)19-13-18(7-10-28-19)32-17-6-9-27-16(12-17)5-8-29-20(30)14-3-2-4-15(11-14)22(23,24)25/h2-4,6-7,9-13H,5,8H2,1H3,(H,26,31)(H,29,30). The lowest BCUT2D eigenvalue weighted by atomic mass is 10.1. The average molecular weight is 444 g/mol. The minimum atomic E-state index is -4.52. The van der Waals surface area contributed by atoms with Crippen LogP contribution in [0.3, 0.4) is 0 Å². The van der Waals surface area contributed by atoms with Crippen LogP contribution >= 0.6 is 0 Å². The average Bonchev–Trinajstić information content (AvgIpc) is 2.78. The van der Waals surface area contributed by atoms with Crippen LogP contribution in [0.25, 0.3) is 0 Å². The van der Waals surface area contributed by atoms with Gasteiger partial charge in [-0.1, -0.05) is 6.07 Å². The molecule has 0 aliphatic heterocycles. The predicted molar refractivity (Wildman–Crippen MR) is 109 cm³/mol. The molecule has 0 radical (unpaired) electrons. The number of carbonyl (C=O) groups is 2. The van der Waals surface area contributed by atoms with Crippen molar-refractivity contribution in [2.75, 3.05) is 13.6 Å². The van der Waals surface area contributed by atoms with Gasteiger partial charge in [0.15, 0.2) is 0 Å². The third-order valence-electron chi connectivity index (χ3n) is 4.33. The molecule has 0 bridgehead atoms. The lowest BCUT2D eigenvalue weighted by molar-refractivity contribution is -0.137. The minimum absolute atomic E-state index is 0.0746. The van der Waals surface area contributed by atoms with Crippen LogP contribution < -0.4 is 15.4 Å². The molecule has 10 heteroatoms. The van der Waals surface area contributed by atoms with Crippen molar-refractivity contribution in [2.24, 2.45) is 0 Å². The summed E-state index contributed by atoms with van der Waals surface area (Å²) in [5, 5.41) is 5.06. The number of halogens is 3. The molecule has 3 aromatic rings. The number of hydrogen-bond acceptors (Lipinski definition) is 5. The van der Waals surface area contributed by atoms with Crippen molar-refractivity contribution in [1.29, 1.82) is 0 Å². The highest BCUT2D eigenvalue weighted by Crippen LogP contribution is 2.29. The van der Waals surface area contributed by atoms with E-state index in [0.717, 1.165) is 12.1 Å². The first kappa shape index (κ1) is 22.7. The first-order valence-corrected chi connectivity index (χ1v) is 9.52. The van der Waals surface area contributed by atoms with Gasteiger partial charge < -0.3 is 15.4 Å². The van der Waals surface area contributed by atoms with Gasteiger partial charge in [0.1, 0.15) is 17.2 Å². The Morgan fingerprint density at radius 3 is 2.41 bits per heavy atom. The van der Waals surface area contributed by atoms with Gasteiger partial charge in [0, 0.05) is 55.8 Å². The summed E-state index contributed by atoms with van der Waals surface area (Å²) in [6, 6.07) is 10.6. The second-order valence-electron chi connectivity index (χ2n) is 6.63. The summed E-state index contributed by atoms with van der Waals surface area (Å²) in [5.41, 5.74) is -0.147. The molecule has 3 rings (SSSR count). The van der Waals surface area contributed by atoms with E-state index < -0.39 is 17.6 Å². The third kappa shape index (κ3) is 6.03. The van der Waals surface area contributed by atoms with E-state index in [2.05, 4.69) is 20.6 Å². The van der Waals surface area contributed by atoms with Gasteiger partial charge in [-0.15, -0.1) is 0 Å². The van der Waals surface area contributed by atoms with Crippen LogP contribution in [-0.4, -0.2) is 35.4 Å². The zero-order valence-corrected chi connectivity index (χ0v) is 16.9. The van der Waals surface area contributed by atoms with Crippen LogP contribution in [0, 0.1) is 0 Å². The van der Waals surface area contributed by atoms with Crippen LogP contribution in [0.5, 0.6) is 11.5 Å². The Hall–Kier alpha value is -3.95. The summed E-state index contributed by atoms with van der Waals surface area (Å²) >= 11 is 0. The van der Waals surface area contributed by atoms with Crippen molar-refractivity contribution in [2.45, 2.75) is 12.6 Å². The molecule has 2 aromatic heterocycles. The van der Waals surface area contributed by atoms with Gasteiger partial charge in [-0.25, -0.2) is 0 Å². The summed E-state index contributed by atoms with van der Waals surface area (Å²) < 4.78 is 44.2. The molecule has 2 N–H and O–H groups in total. The first-order chi connectivity index (χ1) is 15.3. The highest BCUT2D eigenvalue weighted by molar-refractivity contribution is 5.94. The zero-order valence-electron chi connectivity index (χ0n) is 16.9. The fraction of sp³-hybridized carbons (Fsp3) is 0.182. The molecule has 0 fully saturated rings. The molecular weight excluding hydrogens is 425 g/mol. The molecule has 2 heterocycles. The lowest BCUT2D eigenvalue weighted by Crippen LogP contribution is -2.26. The monoisotopic (exact) mass is 444 g/mol. The van der Waals surface area contributed by atoms with Gasteiger partial charge in [0.2, 0.25) is 0 Å². The Morgan fingerprint density at radius 2 is 1.69 bits per heavy atom. The second-order valence-corrected chi connectivity index (χ2v) is 6.63. The van der Waals surface area contributed by atoms with E-state index in [-0.39, 0.29) is 23.7 Å². The maximum atomic E-state index is 12.8. The van der Waals surface area contributed by atoms with Crippen molar-refractivity contribution < 1.29 is 27.5 Å². The smallest absolute Gasteiger partial charge is 0.416 e. The summed E-state index contributed by atoms with van der Waals surface area (Å²) in [6.45, 7) is 0.168. The van der Waals surface area contributed by atoms with E-state index in [4.69, 9.17) is 4.74 Å². The molecule has 0 aliphatic carbocycles. The molecular formula is C22H19F3N4O3. The summed E-state index contributed by atoms with van der Waals surface area (Å²) in [4.78, 5) is 32.0. The fourth-order valence-electron chi connectivity index (χ4n) is 2.76. The third-order valence-corrected chi connectivity index (χ3v) is 4.33. The number of nitrogens with one attached hydrogen (secondary N) is 2. The molecule has 0 spiro atoms. The number of amides is 2. The number of aromatic nitrogens is 2. The van der Waals surface area contributed by atoms with E-state index in [9.17, 15) is 22.8 Å². The van der Waals surface area contributed by atoms with E-state index >= 15 is 0 Å². The zero-order chi connectivity index (χ0) is 23.1. The molecule has 0 atom stereocenters. The molecule has 2 amide bonds. The number of benzene rings is 1. The number of carbonyl (C=O) groups excluding carboxylic acids is 2. The summed E-state index contributed by atoms with van der Waals surface area (Å²) in [5.74, 6) is -0.0775. The van der Waals surface area contributed by atoms with E-state index in [1.165, 1.54) is 37.6 Å². The Morgan fingerprint density at radius 1 is 0.969 bits per heavy atom. The van der Waals surface area contributed by atoms with Crippen molar-refractivity contribution in [1.82, 2.24) is 20.6 Å². The SMILES string of the molecule is CNC(=O)c1cc(Oc2ccnc(CCNC(=O)c3cccc(C(F)(F)F)c3)c2)ccn1. The molecule has 1 aromatic carbocycles. The Labute approximate surface area is 181 Å². The van der Waals surface area contributed by atoms with Crippen molar-refractivity contribution in [3.05, 3.63) is 83.4 Å². The predicted octanol–water partition coefficient (Wildman–Crippen LogP) is 3.62. The van der Waals surface area contributed by atoms with Crippen LogP contribution in [0.4, 0.5) is 13.2 Å². The Bertz CT molecular complexity index is 1120. The Balaban J connectivity index is 1.59. The van der Waals surface area contributed by atoms with Gasteiger partial charge in [0.25, 0.3) is 11.8 Å². The molecule has 0 saturated carbocycles. The van der Waals surface area contributed by atoms with Crippen LogP contribution in [-0.2, 0) is 12.6 Å². The van der Waals surface area contributed by atoms with Gasteiger partial charge in [-0.05, 0) is 30.3 Å². The summed E-state index contributed by atoms with van der Waals surface area (Å²) in [6.07, 6.45) is -1.20. The van der Waals surface area contributed by atoms with E-state index in [0.29, 0.717) is 23.6 Å². The van der Waals surface area contributed by atoms with Crippen molar-refractivity contribution >= 4 is 11.8 Å². The quantitative estimate of drug-likeness (QED) is 0.581. The normalized spacial score (nSPS) is 11.0. The first-order valence-electron chi connectivity index (χ1n) is 9.52. The Kier molecular flexibility index (Phi) is 7.04. The second kappa shape index (κ2) is 9.90. The minimum Gasteiger partial charge on any atom is -0.457 e. The van der Waals surface area contributed by atoms with Crippen molar-refractivity contribution in [3.63, 3.8) is 0 Å². The van der Waals surface area contributed by atoms with Gasteiger partial charge in [-0.2, -0.15) is 13.2 Å². The highest BCUT2D eigenvalue weighted by Gasteiger charge is 2.30. The van der Waals surface area contributed by atoms with Gasteiger partial charge >= 0.3 is 6.18 Å². The fourth-order valence-corrected chi connectivity index (χ4v) is 2.76. The molecule has 166 valence electrons. The van der Waals surface area contributed by atoms with Crippen LogP contribution in [0.2, 0.25) is 0 Å². The molecule has 0 aliphatic rings. The van der Waals surface area contributed by atoms with Crippen molar-refractivity contribution in [3.8, 4) is 11.5 Å². The lowest BCUT2D eigenvalue weighted by Gasteiger charge is -2.10. The maximum Gasteiger partial charge on any atom is 0.416 e. The summed E-state index contributed by atoms with van der Waals surface area (Å²) in [7, 11) is 1.50. The van der Waals surface area contributed by atoms with E-state index in [1.54, 1.807) is 18.2 Å². The largest absolute Gasteiger partial charge is 0.457 e. The molecule has 7 nitrogen and oxygen atoms in total. The van der Waals surface area contributed by atoms with Gasteiger partial charge in [0.05, 0.1) is 5.56 Å². The van der Waals surface area contributed by atoms with Gasteiger partial charge in [-0.3, -0.25) is 19.6 Å².